The molecule has 2 aromatic carbocycles. The van der Waals surface area contributed by atoms with Gasteiger partial charge in [-0.2, -0.15) is 13.2 Å². The second-order valence-corrected chi connectivity index (χ2v) is 8.28. The van der Waals surface area contributed by atoms with Gasteiger partial charge in [0.25, 0.3) is 0 Å². The molecule has 0 spiro atoms. The fourth-order valence-corrected chi connectivity index (χ4v) is 3.80. The SMILES string of the molecule is C[C@@H](C(=O)Nc1cc(C(F)(F)F)ccc1Cl)N(c1ccc(F)c(F)c1)S(C)(=O)=O. The average Bonchev–Trinajstić information content (AvgIpc) is 2.57. The summed E-state index contributed by atoms with van der Waals surface area (Å²) in [5.74, 6) is -3.61. The van der Waals surface area contributed by atoms with Crippen molar-refractivity contribution in [2.75, 3.05) is 15.9 Å². The summed E-state index contributed by atoms with van der Waals surface area (Å²) in [5, 5.41) is 1.92. The van der Waals surface area contributed by atoms with E-state index in [9.17, 15) is 35.2 Å². The monoisotopic (exact) mass is 456 g/mol. The van der Waals surface area contributed by atoms with E-state index in [4.69, 9.17) is 11.6 Å². The molecule has 5 nitrogen and oxygen atoms in total. The number of nitrogens with one attached hydrogen (secondary N) is 1. The molecule has 0 saturated heterocycles. The Balaban J connectivity index is 2.39. The number of amides is 1. The van der Waals surface area contributed by atoms with Crippen molar-refractivity contribution in [1.82, 2.24) is 0 Å². The summed E-state index contributed by atoms with van der Waals surface area (Å²) in [7, 11) is -4.16. The van der Waals surface area contributed by atoms with Crippen LogP contribution in [0.2, 0.25) is 5.02 Å². The van der Waals surface area contributed by atoms with E-state index in [-0.39, 0.29) is 10.7 Å². The van der Waals surface area contributed by atoms with Crippen molar-refractivity contribution in [3.8, 4) is 0 Å². The lowest BCUT2D eigenvalue weighted by atomic mass is 10.2. The molecule has 0 heterocycles. The van der Waals surface area contributed by atoms with Crippen LogP contribution in [0, 0.1) is 11.6 Å². The zero-order chi connectivity index (χ0) is 22.1. The number of nitrogens with zero attached hydrogens (tertiary/aromatic N) is 1. The molecule has 0 saturated carbocycles. The summed E-state index contributed by atoms with van der Waals surface area (Å²) in [6.07, 6.45) is -3.96. The highest BCUT2D eigenvalue weighted by Gasteiger charge is 2.33. The van der Waals surface area contributed by atoms with Crippen molar-refractivity contribution < 1.29 is 35.2 Å². The first-order valence-corrected chi connectivity index (χ1v) is 10.1. The molecule has 1 amide bonds. The highest BCUT2D eigenvalue weighted by atomic mass is 35.5. The summed E-state index contributed by atoms with van der Waals surface area (Å²) in [5.41, 5.74) is -1.81. The van der Waals surface area contributed by atoms with Crippen molar-refractivity contribution in [2.24, 2.45) is 0 Å². The highest BCUT2D eigenvalue weighted by Crippen LogP contribution is 2.34. The minimum Gasteiger partial charge on any atom is -0.323 e. The van der Waals surface area contributed by atoms with E-state index in [0.717, 1.165) is 25.3 Å². The Morgan fingerprint density at radius 3 is 2.24 bits per heavy atom. The third-order valence-electron chi connectivity index (χ3n) is 3.80. The maximum atomic E-state index is 13.5. The minimum absolute atomic E-state index is 0.211. The molecule has 0 aromatic heterocycles. The van der Waals surface area contributed by atoms with Gasteiger partial charge in [-0.25, -0.2) is 17.2 Å². The van der Waals surface area contributed by atoms with Gasteiger partial charge in [0.2, 0.25) is 15.9 Å². The first kappa shape index (κ1) is 22.9. The maximum Gasteiger partial charge on any atom is 0.416 e. The molecule has 0 bridgehead atoms. The molecule has 0 fully saturated rings. The molecular weight excluding hydrogens is 443 g/mol. The molecule has 158 valence electrons. The molecule has 2 rings (SSSR count). The quantitative estimate of drug-likeness (QED) is 0.677. The number of hydrogen-bond acceptors (Lipinski definition) is 3. The minimum atomic E-state index is -4.69. The molecule has 1 N–H and O–H groups in total. The third kappa shape index (κ3) is 5.36. The predicted molar refractivity (Wildman–Crippen MR) is 98.2 cm³/mol. The number of alkyl halides is 3. The predicted octanol–water partition coefficient (Wildman–Crippen LogP) is 4.43. The van der Waals surface area contributed by atoms with Gasteiger partial charge in [-0.3, -0.25) is 9.10 Å². The molecule has 29 heavy (non-hydrogen) atoms. The summed E-state index contributed by atoms with van der Waals surface area (Å²) in [6, 6.07) is 2.91. The fourth-order valence-electron chi connectivity index (χ4n) is 2.47. The van der Waals surface area contributed by atoms with Gasteiger partial charge in [-0.15, -0.1) is 0 Å². The molecule has 0 aliphatic rings. The number of benzene rings is 2. The topological polar surface area (TPSA) is 66.5 Å². The smallest absolute Gasteiger partial charge is 0.323 e. The van der Waals surface area contributed by atoms with Gasteiger partial charge in [0, 0.05) is 6.07 Å². The van der Waals surface area contributed by atoms with Crippen LogP contribution in [-0.2, 0) is 21.0 Å². The zero-order valence-electron chi connectivity index (χ0n) is 14.9. The van der Waals surface area contributed by atoms with Crippen LogP contribution < -0.4 is 9.62 Å². The van der Waals surface area contributed by atoms with Gasteiger partial charge in [-0.05, 0) is 37.3 Å². The van der Waals surface area contributed by atoms with E-state index in [1.807, 2.05) is 0 Å². The van der Waals surface area contributed by atoms with Crippen molar-refractivity contribution in [3.63, 3.8) is 0 Å². The number of carbonyl (C=O) groups is 1. The lowest BCUT2D eigenvalue weighted by Gasteiger charge is -2.28. The van der Waals surface area contributed by atoms with Crippen LogP contribution in [0.1, 0.15) is 12.5 Å². The van der Waals surface area contributed by atoms with E-state index in [1.54, 1.807) is 0 Å². The van der Waals surface area contributed by atoms with Crippen molar-refractivity contribution in [3.05, 3.63) is 58.6 Å². The van der Waals surface area contributed by atoms with Crippen molar-refractivity contribution >= 4 is 38.9 Å². The molecular formula is C17H14ClF5N2O3S. The van der Waals surface area contributed by atoms with Gasteiger partial charge >= 0.3 is 6.18 Å². The Hall–Kier alpha value is -2.40. The highest BCUT2D eigenvalue weighted by molar-refractivity contribution is 7.92. The molecule has 0 aliphatic carbocycles. The van der Waals surface area contributed by atoms with Crippen LogP contribution in [0.25, 0.3) is 0 Å². The van der Waals surface area contributed by atoms with Gasteiger partial charge in [0.05, 0.1) is 28.2 Å². The number of carbonyl (C=O) groups excluding carboxylic acids is 1. The lowest BCUT2D eigenvalue weighted by molar-refractivity contribution is -0.137. The van der Waals surface area contributed by atoms with E-state index in [0.29, 0.717) is 28.6 Å². The van der Waals surface area contributed by atoms with Gasteiger partial charge in [-0.1, -0.05) is 11.6 Å². The number of hydrogen-bond donors (Lipinski definition) is 1. The summed E-state index contributed by atoms with van der Waals surface area (Å²) >= 11 is 5.81. The van der Waals surface area contributed by atoms with Gasteiger partial charge in [0.15, 0.2) is 11.6 Å². The van der Waals surface area contributed by atoms with Crippen molar-refractivity contribution in [2.45, 2.75) is 19.1 Å². The summed E-state index contributed by atoms with van der Waals surface area (Å²) < 4.78 is 90.0. The Kier molecular flexibility index (Phi) is 6.43. The molecule has 2 aromatic rings. The summed E-state index contributed by atoms with van der Waals surface area (Å²) in [4.78, 5) is 12.5. The molecule has 12 heteroatoms. The standard InChI is InChI=1S/C17H14ClF5N2O3S/c1-9(25(29(2,27)28)11-4-6-13(19)14(20)8-11)16(26)24-15-7-10(17(21,22)23)3-5-12(15)18/h3-9H,1-2H3,(H,24,26)/t9-/m0/s1. The van der Waals surface area contributed by atoms with Crippen LogP contribution in [-0.4, -0.2) is 26.6 Å². The van der Waals surface area contributed by atoms with E-state index in [2.05, 4.69) is 5.32 Å². The fraction of sp³-hybridized carbons (Fsp3) is 0.235. The van der Waals surface area contributed by atoms with Crippen LogP contribution in [0.3, 0.4) is 0 Å². The summed E-state index contributed by atoms with van der Waals surface area (Å²) in [6.45, 7) is 1.12. The number of sulfonamides is 1. The Labute approximate surface area is 168 Å². The van der Waals surface area contributed by atoms with Crippen LogP contribution in [0.5, 0.6) is 0 Å². The number of halogens is 6. The van der Waals surface area contributed by atoms with Crippen LogP contribution in [0.4, 0.5) is 33.3 Å². The van der Waals surface area contributed by atoms with Crippen LogP contribution >= 0.6 is 11.6 Å². The Bertz CT molecular complexity index is 1040. The largest absolute Gasteiger partial charge is 0.416 e. The second-order valence-electron chi connectivity index (χ2n) is 6.01. The molecule has 0 radical (unpaired) electrons. The normalized spacial score (nSPS) is 13.1. The van der Waals surface area contributed by atoms with Crippen molar-refractivity contribution in [1.29, 1.82) is 0 Å². The van der Waals surface area contributed by atoms with E-state index in [1.165, 1.54) is 0 Å². The molecule has 0 aliphatic heterocycles. The Morgan fingerprint density at radius 1 is 1.10 bits per heavy atom. The Morgan fingerprint density at radius 2 is 1.72 bits per heavy atom. The first-order valence-electron chi connectivity index (χ1n) is 7.84. The zero-order valence-corrected chi connectivity index (χ0v) is 16.5. The third-order valence-corrected chi connectivity index (χ3v) is 5.37. The van der Waals surface area contributed by atoms with Crippen LogP contribution in [0.15, 0.2) is 36.4 Å². The number of rotatable bonds is 5. The first-order chi connectivity index (χ1) is 13.2. The van der Waals surface area contributed by atoms with Gasteiger partial charge in [0.1, 0.15) is 6.04 Å². The number of anilines is 2. The lowest BCUT2D eigenvalue weighted by Crippen LogP contribution is -2.45. The second kappa shape index (κ2) is 8.15. The maximum absolute atomic E-state index is 13.5. The van der Waals surface area contributed by atoms with E-state index >= 15 is 0 Å². The van der Waals surface area contributed by atoms with E-state index < -0.39 is 51.0 Å². The molecule has 0 unspecified atom stereocenters. The molecule has 1 atom stereocenters. The average molecular weight is 457 g/mol. The van der Waals surface area contributed by atoms with Gasteiger partial charge < -0.3 is 5.32 Å².